The molecular formula is C22H32BrNO2. The molecule has 5 rings (SSSR count). The normalized spacial score (nSPS) is 37.8. The third kappa shape index (κ3) is 3.28. The molecule has 0 radical (unpaired) electrons. The summed E-state index contributed by atoms with van der Waals surface area (Å²) in [6, 6.07) is 4.16. The van der Waals surface area contributed by atoms with Crippen molar-refractivity contribution in [2.45, 2.75) is 71.4 Å². The van der Waals surface area contributed by atoms with Gasteiger partial charge in [-0.3, -0.25) is 0 Å². The Hall–Kier alpha value is -0.740. The van der Waals surface area contributed by atoms with Gasteiger partial charge in [0, 0.05) is 22.1 Å². The molecule has 2 unspecified atom stereocenters. The van der Waals surface area contributed by atoms with Gasteiger partial charge in [-0.1, -0.05) is 29.8 Å². The van der Waals surface area contributed by atoms with Crippen LogP contribution in [0, 0.1) is 16.7 Å². The number of halogens is 1. The summed E-state index contributed by atoms with van der Waals surface area (Å²) in [4.78, 5) is 0. The Kier molecular flexibility index (Phi) is 4.59. The van der Waals surface area contributed by atoms with Crippen LogP contribution in [-0.4, -0.2) is 19.3 Å². The maximum absolute atomic E-state index is 5.94. The van der Waals surface area contributed by atoms with Crippen LogP contribution >= 0.6 is 15.9 Å². The summed E-state index contributed by atoms with van der Waals surface area (Å²) in [5, 5.41) is 4.01. The molecule has 4 fully saturated rings. The van der Waals surface area contributed by atoms with Crippen molar-refractivity contribution in [1.29, 1.82) is 0 Å². The van der Waals surface area contributed by atoms with Gasteiger partial charge in [0.25, 0.3) is 0 Å². The first-order valence-electron chi connectivity index (χ1n) is 10.0. The fourth-order valence-electron chi connectivity index (χ4n) is 7.14. The molecule has 4 aliphatic rings. The number of hydrogen-bond donors (Lipinski definition) is 1. The smallest absolute Gasteiger partial charge is 0.165 e. The minimum Gasteiger partial charge on any atom is -0.493 e. The van der Waals surface area contributed by atoms with Crippen LogP contribution in [0.25, 0.3) is 0 Å². The Morgan fingerprint density at radius 3 is 2.38 bits per heavy atom. The van der Waals surface area contributed by atoms with Crippen LogP contribution in [0.3, 0.4) is 0 Å². The molecule has 4 heteroatoms. The Balaban J connectivity index is 1.59. The van der Waals surface area contributed by atoms with E-state index in [4.69, 9.17) is 9.47 Å². The topological polar surface area (TPSA) is 30.5 Å². The number of nitrogens with one attached hydrogen (secondary N) is 1. The number of rotatable bonds is 6. The van der Waals surface area contributed by atoms with E-state index in [2.05, 4.69) is 41.2 Å². The summed E-state index contributed by atoms with van der Waals surface area (Å²) in [5.41, 5.74) is 2.53. The maximum atomic E-state index is 5.94. The highest BCUT2D eigenvalue weighted by molar-refractivity contribution is 9.10. The van der Waals surface area contributed by atoms with Gasteiger partial charge in [-0.25, -0.2) is 0 Å². The second-order valence-corrected chi connectivity index (χ2v) is 10.7. The molecule has 0 aromatic heterocycles. The molecule has 4 saturated carbocycles. The quantitative estimate of drug-likeness (QED) is 0.639. The molecule has 144 valence electrons. The molecule has 26 heavy (non-hydrogen) atoms. The molecule has 0 heterocycles. The molecule has 0 amide bonds. The SMILES string of the molecule is CCOc1c(CNC23CC4CC(C)(CC(C)(C4)C2)C3)cc(Br)cc1OC. The first-order chi connectivity index (χ1) is 12.3. The van der Waals surface area contributed by atoms with Crippen molar-refractivity contribution in [2.24, 2.45) is 16.7 Å². The van der Waals surface area contributed by atoms with Crippen molar-refractivity contribution in [3.63, 3.8) is 0 Å². The third-order valence-corrected chi connectivity index (χ3v) is 7.34. The highest BCUT2D eigenvalue weighted by Crippen LogP contribution is 2.66. The Morgan fingerprint density at radius 2 is 1.81 bits per heavy atom. The highest BCUT2D eigenvalue weighted by atomic mass is 79.9. The predicted molar refractivity (Wildman–Crippen MR) is 109 cm³/mol. The van der Waals surface area contributed by atoms with Crippen molar-refractivity contribution < 1.29 is 9.47 Å². The summed E-state index contributed by atoms with van der Waals surface area (Å²) in [6.07, 6.45) is 8.26. The van der Waals surface area contributed by atoms with Gasteiger partial charge in [0.2, 0.25) is 0 Å². The minimum absolute atomic E-state index is 0.294. The molecule has 2 atom stereocenters. The summed E-state index contributed by atoms with van der Waals surface area (Å²) < 4.78 is 12.5. The van der Waals surface area contributed by atoms with Crippen LogP contribution in [-0.2, 0) is 6.54 Å². The van der Waals surface area contributed by atoms with Crippen LogP contribution in [0.4, 0.5) is 0 Å². The zero-order valence-corrected chi connectivity index (χ0v) is 18.2. The largest absolute Gasteiger partial charge is 0.493 e. The summed E-state index contributed by atoms with van der Waals surface area (Å²) >= 11 is 3.63. The van der Waals surface area contributed by atoms with E-state index in [0.717, 1.165) is 28.4 Å². The first kappa shape index (κ1) is 18.6. The zero-order chi connectivity index (χ0) is 18.6. The van der Waals surface area contributed by atoms with Gasteiger partial charge < -0.3 is 14.8 Å². The zero-order valence-electron chi connectivity index (χ0n) is 16.6. The molecule has 1 aromatic rings. The molecule has 4 aliphatic carbocycles. The van der Waals surface area contributed by atoms with E-state index in [-0.39, 0.29) is 0 Å². The van der Waals surface area contributed by atoms with Crippen molar-refractivity contribution in [2.75, 3.05) is 13.7 Å². The Bertz CT molecular complexity index is 686. The van der Waals surface area contributed by atoms with E-state index >= 15 is 0 Å². The van der Waals surface area contributed by atoms with Crippen LogP contribution in [0.15, 0.2) is 16.6 Å². The second-order valence-electron chi connectivity index (χ2n) is 9.79. The summed E-state index contributed by atoms with van der Waals surface area (Å²) in [5.74, 6) is 2.59. The van der Waals surface area contributed by atoms with Crippen LogP contribution < -0.4 is 14.8 Å². The van der Waals surface area contributed by atoms with Gasteiger partial charge >= 0.3 is 0 Å². The number of benzene rings is 1. The fraction of sp³-hybridized carbons (Fsp3) is 0.727. The Labute approximate surface area is 166 Å². The van der Waals surface area contributed by atoms with Gasteiger partial charge in [0.15, 0.2) is 11.5 Å². The number of ether oxygens (including phenoxy) is 2. The lowest BCUT2D eigenvalue weighted by molar-refractivity contribution is -0.118. The minimum atomic E-state index is 0.294. The molecule has 0 spiro atoms. The molecule has 4 bridgehead atoms. The number of methoxy groups -OCH3 is 1. The van der Waals surface area contributed by atoms with Crippen molar-refractivity contribution >= 4 is 15.9 Å². The van der Waals surface area contributed by atoms with Gasteiger partial charge in [-0.15, -0.1) is 0 Å². The lowest BCUT2D eigenvalue weighted by Crippen LogP contribution is -2.63. The summed E-state index contributed by atoms with van der Waals surface area (Å²) in [6.45, 7) is 8.57. The van der Waals surface area contributed by atoms with Crippen molar-refractivity contribution in [3.05, 3.63) is 22.2 Å². The highest BCUT2D eigenvalue weighted by Gasteiger charge is 2.59. The maximum Gasteiger partial charge on any atom is 0.165 e. The van der Waals surface area contributed by atoms with Crippen LogP contribution in [0.1, 0.15) is 64.9 Å². The molecule has 1 N–H and O–H groups in total. The van der Waals surface area contributed by atoms with Crippen LogP contribution in [0.5, 0.6) is 11.5 Å². The standard InChI is InChI=1S/C22H32BrNO2/c1-5-26-19-16(6-17(23)7-18(19)25-4)11-24-22-10-15-8-20(2,13-22)12-21(3,9-15)14-22/h6-7,15,24H,5,8-14H2,1-4H3. The average molecular weight is 422 g/mol. The molecule has 0 saturated heterocycles. The van der Waals surface area contributed by atoms with E-state index in [1.807, 2.05) is 13.0 Å². The average Bonchev–Trinajstić information content (AvgIpc) is 2.51. The lowest BCUT2D eigenvalue weighted by Gasteiger charge is -2.65. The van der Waals surface area contributed by atoms with E-state index in [0.29, 0.717) is 23.0 Å². The van der Waals surface area contributed by atoms with Gasteiger partial charge in [0.05, 0.1) is 13.7 Å². The third-order valence-electron chi connectivity index (χ3n) is 6.89. The predicted octanol–water partition coefficient (Wildman–Crippen LogP) is 5.70. The molecule has 0 aliphatic heterocycles. The van der Waals surface area contributed by atoms with Gasteiger partial charge in [-0.2, -0.15) is 0 Å². The van der Waals surface area contributed by atoms with Gasteiger partial charge in [0.1, 0.15) is 0 Å². The lowest BCUT2D eigenvalue weighted by atomic mass is 9.43. The molecule has 1 aromatic carbocycles. The second kappa shape index (κ2) is 6.41. The van der Waals surface area contributed by atoms with Crippen LogP contribution in [0.2, 0.25) is 0 Å². The van der Waals surface area contributed by atoms with Crippen molar-refractivity contribution in [1.82, 2.24) is 5.32 Å². The summed E-state index contributed by atoms with van der Waals surface area (Å²) in [7, 11) is 1.71. The first-order valence-corrected chi connectivity index (χ1v) is 10.8. The van der Waals surface area contributed by atoms with E-state index < -0.39 is 0 Å². The van der Waals surface area contributed by atoms with E-state index in [1.54, 1.807) is 7.11 Å². The monoisotopic (exact) mass is 421 g/mol. The molecular weight excluding hydrogens is 390 g/mol. The fourth-order valence-corrected chi connectivity index (χ4v) is 7.63. The van der Waals surface area contributed by atoms with Crippen molar-refractivity contribution in [3.8, 4) is 11.5 Å². The van der Waals surface area contributed by atoms with E-state index in [9.17, 15) is 0 Å². The molecule has 3 nitrogen and oxygen atoms in total. The number of hydrogen-bond acceptors (Lipinski definition) is 3. The van der Waals surface area contributed by atoms with E-state index in [1.165, 1.54) is 44.1 Å². The van der Waals surface area contributed by atoms with Gasteiger partial charge in [-0.05, 0) is 74.3 Å². The Morgan fingerprint density at radius 1 is 1.12 bits per heavy atom.